The Morgan fingerprint density at radius 1 is 1.07 bits per heavy atom. The van der Waals surface area contributed by atoms with Crippen LogP contribution in [0.15, 0.2) is 48.5 Å². The molecule has 2 heterocycles. The molecule has 2 aliphatic rings. The Morgan fingerprint density at radius 2 is 1.79 bits per heavy atom. The van der Waals surface area contributed by atoms with Crippen molar-refractivity contribution < 1.29 is 18.3 Å². The smallest absolute Gasteiger partial charge is 0.322 e. The summed E-state index contributed by atoms with van der Waals surface area (Å²) in [7, 11) is 0. The second-order valence-electron chi connectivity index (χ2n) is 7.61. The molecular weight excluding hydrogens is 376 g/mol. The molecule has 2 aromatic rings. The van der Waals surface area contributed by atoms with Gasteiger partial charge in [0.25, 0.3) is 0 Å². The first kappa shape index (κ1) is 19.8. The molecule has 154 valence electrons. The maximum Gasteiger partial charge on any atom is 0.322 e. The zero-order valence-corrected chi connectivity index (χ0v) is 16.2. The molecule has 2 fully saturated rings. The van der Waals surface area contributed by atoms with Crippen molar-refractivity contribution in [2.75, 3.05) is 31.6 Å². The van der Waals surface area contributed by atoms with E-state index in [1.54, 1.807) is 4.90 Å². The monoisotopic (exact) mass is 401 g/mol. The Balaban J connectivity index is 1.38. The zero-order chi connectivity index (χ0) is 20.2. The lowest BCUT2D eigenvalue weighted by Gasteiger charge is -2.49. The summed E-state index contributed by atoms with van der Waals surface area (Å²) < 4.78 is 32.3. The molecule has 7 heteroatoms. The van der Waals surface area contributed by atoms with Gasteiger partial charge in [0.05, 0.1) is 5.69 Å². The van der Waals surface area contributed by atoms with Gasteiger partial charge in [-0.15, -0.1) is 0 Å². The molecule has 2 saturated heterocycles. The SMILES string of the molecule is O=C(Nc1ccc(F)cc1F)N1CC(N(Cc2ccccc2)C2CCOCC2)C1. The maximum absolute atomic E-state index is 13.8. The largest absolute Gasteiger partial charge is 0.381 e. The number of hydrogen-bond donors (Lipinski definition) is 1. The van der Waals surface area contributed by atoms with Crippen LogP contribution in [0, 0.1) is 11.6 Å². The molecule has 4 rings (SSSR count). The number of benzene rings is 2. The first-order valence-electron chi connectivity index (χ1n) is 9.98. The number of nitrogens with one attached hydrogen (secondary N) is 1. The van der Waals surface area contributed by atoms with Crippen LogP contribution in [0.1, 0.15) is 18.4 Å². The third kappa shape index (κ3) is 4.74. The lowest BCUT2D eigenvalue weighted by atomic mass is 9.99. The van der Waals surface area contributed by atoms with E-state index < -0.39 is 11.6 Å². The number of hydrogen-bond acceptors (Lipinski definition) is 3. The van der Waals surface area contributed by atoms with Crippen molar-refractivity contribution in [1.82, 2.24) is 9.80 Å². The molecule has 2 aliphatic heterocycles. The van der Waals surface area contributed by atoms with Gasteiger partial charge in [-0.05, 0) is 30.5 Å². The normalized spacial score (nSPS) is 18.0. The fourth-order valence-electron chi connectivity index (χ4n) is 3.98. The van der Waals surface area contributed by atoms with Crippen LogP contribution in [0.3, 0.4) is 0 Å². The van der Waals surface area contributed by atoms with Crippen molar-refractivity contribution in [1.29, 1.82) is 0 Å². The van der Waals surface area contributed by atoms with Crippen LogP contribution in [0.4, 0.5) is 19.3 Å². The number of rotatable bonds is 5. The number of ether oxygens (including phenoxy) is 1. The Kier molecular flexibility index (Phi) is 6.06. The number of carbonyl (C=O) groups is 1. The molecule has 29 heavy (non-hydrogen) atoms. The highest BCUT2D eigenvalue weighted by Gasteiger charge is 2.38. The van der Waals surface area contributed by atoms with Crippen LogP contribution in [0.2, 0.25) is 0 Å². The van der Waals surface area contributed by atoms with E-state index in [0.717, 1.165) is 44.7 Å². The van der Waals surface area contributed by atoms with Crippen LogP contribution in [0.5, 0.6) is 0 Å². The van der Waals surface area contributed by atoms with E-state index in [9.17, 15) is 13.6 Å². The quantitative estimate of drug-likeness (QED) is 0.828. The standard InChI is InChI=1S/C22H25F2N3O2/c23-17-6-7-21(20(24)12-17)25-22(28)26-14-19(15-26)27(18-8-10-29-11-9-18)13-16-4-2-1-3-5-16/h1-7,12,18-19H,8-11,13-15H2,(H,25,28). The number of nitrogens with zero attached hydrogens (tertiary/aromatic N) is 2. The van der Waals surface area contributed by atoms with Crippen molar-refractivity contribution in [3.63, 3.8) is 0 Å². The molecule has 0 saturated carbocycles. The fourth-order valence-corrected chi connectivity index (χ4v) is 3.98. The van der Waals surface area contributed by atoms with Crippen LogP contribution in [-0.4, -0.2) is 54.2 Å². The summed E-state index contributed by atoms with van der Waals surface area (Å²) in [6.45, 7) is 3.52. The number of amides is 2. The summed E-state index contributed by atoms with van der Waals surface area (Å²) in [6.07, 6.45) is 1.96. The van der Waals surface area contributed by atoms with E-state index >= 15 is 0 Å². The summed E-state index contributed by atoms with van der Waals surface area (Å²) in [5.41, 5.74) is 1.24. The Labute approximate surface area is 169 Å². The number of urea groups is 1. The third-order valence-electron chi connectivity index (χ3n) is 5.66. The lowest BCUT2D eigenvalue weighted by molar-refractivity contribution is -0.0223. The molecule has 0 atom stereocenters. The van der Waals surface area contributed by atoms with E-state index in [-0.39, 0.29) is 17.8 Å². The lowest BCUT2D eigenvalue weighted by Crippen LogP contribution is -2.64. The topological polar surface area (TPSA) is 44.8 Å². The molecule has 0 bridgehead atoms. The highest BCUT2D eigenvalue weighted by atomic mass is 19.1. The molecule has 1 N–H and O–H groups in total. The Morgan fingerprint density at radius 3 is 2.48 bits per heavy atom. The zero-order valence-electron chi connectivity index (χ0n) is 16.2. The Bertz CT molecular complexity index is 837. The first-order chi connectivity index (χ1) is 14.1. The van der Waals surface area contributed by atoms with Gasteiger partial charge in [0, 0.05) is 51.0 Å². The van der Waals surface area contributed by atoms with Gasteiger partial charge in [-0.3, -0.25) is 4.90 Å². The predicted octanol–water partition coefficient (Wildman–Crippen LogP) is 3.86. The minimum absolute atomic E-state index is 0.00887. The van der Waals surface area contributed by atoms with Crippen LogP contribution >= 0.6 is 0 Å². The van der Waals surface area contributed by atoms with Crippen molar-refractivity contribution >= 4 is 11.7 Å². The summed E-state index contributed by atoms with van der Waals surface area (Å²) in [4.78, 5) is 16.6. The van der Waals surface area contributed by atoms with Gasteiger partial charge >= 0.3 is 6.03 Å². The Hall–Kier alpha value is -2.51. The molecule has 0 spiro atoms. The molecule has 0 radical (unpaired) electrons. The first-order valence-corrected chi connectivity index (χ1v) is 9.98. The predicted molar refractivity (Wildman–Crippen MR) is 107 cm³/mol. The van der Waals surface area contributed by atoms with Gasteiger partial charge in [-0.25, -0.2) is 13.6 Å². The molecule has 0 aliphatic carbocycles. The number of halogens is 2. The summed E-state index contributed by atoms with van der Waals surface area (Å²) in [6, 6.07) is 13.8. The van der Waals surface area contributed by atoms with Gasteiger partial charge in [0.1, 0.15) is 11.6 Å². The second kappa shape index (κ2) is 8.88. The van der Waals surface area contributed by atoms with E-state index in [0.29, 0.717) is 19.1 Å². The van der Waals surface area contributed by atoms with Gasteiger partial charge < -0.3 is 15.0 Å². The van der Waals surface area contributed by atoms with Crippen molar-refractivity contribution in [3.05, 3.63) is 65.7 Å². The van der Waals surface area contributed by atoms with Gasteiger partial charge in [-0.2, -0.15) is 0 Å². The van der Waals surface area contributed by atoms with Crippen molar-refractivity contribution in [2.45, 2.75) is 31.5 Å². The van der Waals surface area contributed by atoms with Crippen molar-refractivity contribution in [3.8, 4) is 0 Å². The fraction of sp³-hybridized carbons (Fsp3) is 0.409. The maximum atomic E-state index is 13.8. The highest BCUT2D eigenvalue weighted by Crippen LogP contribution is 2.26. The summed E-state index contributed by atoms with van der Waals surface area (Å²) in [5.74, 6) is -1.44. The number of likely N-dealkylation sites (tertiary alicyclic amines) is 1. The van der Waals surface area contributed by atoms with Gasteiger partial charge in [-0.1, -0.05) is 30.3 Å². The van der Waals surface area contributed by atoms with E-state index in [2.05, 4.69) is 22.3 Å². The number of carbonyl (C=O) groups excluding carboxylic acids is 1. The summed E-state index contributed by atoms with van der Waals surface area (Å²) in [5, 5.41) is 2.53. The summed E-state index contributed by atoms with van der Waals surface area (Å²) >= 11 is 0. The second-order valence-corrected chi connectivity index (χ2v) is 7.61. The van der Waals surface area contributed by atoms with Crippen LogP contribution in [0.25, 0.3) is 0 Å². The van der Waals surface area contributed by atoms with E-state index in [1.165, 1.54) is 11.6 Å². The van der Waals surface area contributed by atoms with Gasteiger partial charge in [0.15, 0.2) is 0 Å². The number of anilines is 1. The van der Waals surface area contributed by atoms with E-state index in [4.69, 9.17) is 4.74 Å². The average Bonchev–Trinajstić information content (AvgIpc) is 2.70. The minimum atomic E-state index is -0.775. The van der Waals surface area contributed by atoms with Crippen LogP contribution < -0.4 is 5.32 Å². The molecule has 0 unspecified atom stereocenters. The molecular formula is C22H25F2N3O2. The van der Waals surface area contributed by atoms with Gasteiger partial charge in [0.2, 0.25) is 0 Å². The third-order valence-corrected chi connectivity index (χ3v) is 5.66. The average molecular weight is 401 g/mol. The van der Waals surface area contributed by atoms with Crippen molar-refractivity contribution in [2.24, 2.45) is 0 Å². The van der Waals surface area contributed by atoms with Crippen LogP contribution in [-0.2, 0) is 11.3 Å². The van der Waals surface area contributed by atoms with E-state index in [1.807, 2.05) is 18.2 Å². The molecule has 2 amide bonds. The molecule has 5 nitrogen and oxygen atoms in total. The highest BCUT2D eigenvalue weighted by molar-refractivity contribution is 5.90. The minimum Gasteiger partial charge on any atom is -0.381 e. The molecule has 0 aromatic heterocycles. The molecule has 2 aromatic carbocycles.